The summed E-state index contributed by atoms with van der Waals surface area (Å²) in [5, 5.41) is 36.4. The highest BCUT2D eigenvalue weighted by atomic mass is 16.6. The van der Waals surface area contributed by atoms with Gasteiger partial charge in [0.25, 0.3) is 0 Å². The fourth-order valence-electron chi connectivity index (χ4n) is 17.5. The number of ether oxygens (including phenoxy) is 6. The van der Waals surface area contributed by atoms with Crippen molar-refractivity contribution < 1.29 is 86.9 Å². The number of benzene rings is 8. The van der Waals surface area contributed by atoms with Gasteiger partial charge in [0, 0.05) is 65.9 Å². The van der Waals surface area contributed by atoms with Crippen LogP contribution in [-0.2, 0) is 61.4 Å². The highest BCUT2D eigenvalue weighted by Gasteiger charge is 2.57. The molecule has 3 aliphatic carbocycles. The topological polar surface area (TPSA) is 316 Å². The van der Waals surface area contributed by atoms with Crippen LogP contribution in [0.1, 0.15) is 139 Å². The number of alkyl carbamates (subject to hydrolysis) is 2. The summed E-state index contributed by atoms with van der Waals surface area (Å²) in [7, 11) is 3.06. The van der Waals surface area contributed by atoms with Gasteiger partial charge in [-0.2, -0.15) is 0 Å². The van der Waals surface area contributed by atoms with Gasteiger partial charge in [-0.25, -0.2) is 19.2 Å². The Labute approximate surface area is 635 Å². The lowest BCUT2D eigenvalue weighted by atomic mass is 9.74. The van der Waals surface area contributed by atoms with Gasteiger partial charge < -0.3 is 69.5 Å². The van der Waals surface area contributed by atoms with Gasteiger partial charge in [0.05, 0.1) is 45.2 Å². The minimum atomic E-state index is -1.17. The molecule has 568 valence electrons. The molecule has 4 saturated heterocycles. The van der Waals surface area contributed by atoms with Gasteiger partial charge in [0.15, 0.2) is 0 Å². The van der Waals surface area contributed by atoms with E-state index >= 15 is 0 Å². The quantitative estimate of drug-likeness (QED) is 0.0435. The smallest absolute Gasteiger partial charge is 0.410 e. The maximum Gasteiger partial charge on any atom is 0.410 e. The molecule has 16 rings (SSSR count). The second kappa shape index (κ2) is 31.2. The van der Waals surface area contributed by atoms with Crippen LogP contribution in [0.4, 0.5) is 14.4 Å². The number of fused-ring (bicyclic) bond motifs is 12. The van der Waals surface area contributed by atoms with E-state index in [0.717, 1.165) is 77.9 Å². The number of carbonyl (C=O) groups is 9. The third-order valence-electron chi connectivity index (χ3n) is 22.9. The zero-order chi connectivity index (χ0) is 77.3. The number of hydrogen-bond acceptors (Lipinski definition) is 15. The van der Waals surface area contributed by atoms with E-state index in [0.29, 0.717) is 79.3 Å². The standard InChI is InChI=1S/C35H33NO7.C26H27N3O6.C25H26N2O5/c1-35(2)27-13-15-29(40-3)24(17-31(37)38)32(27)43-33-25(30(41-4)16-14-28(33)35)18-36-34(39)42-19-26-22-11-7-5-9-20(22)21-10-6-8-12-23(21)26;1-2-26-12-15(13-29(26)23(32)21(11-22(30)31)28-24(26)33)27-25(34)35-14-20-18-9-5-3-7-16(18)17-8-4-6-10-19(17)20;28-23(26-13-6-12-22(26)24(29)30)21-11-5-14-27(21)25(31)32-15-20-18-9-3-1-7-16(18)17-8-2-4-10-19(17)20/h5-16,26H,17-19H2,1-4H3,(H,36,39)(H,37,38);3-10,15,20-21H,2,11-14H2,1H3,(H,27,34)(H,28,33)(H,30,31);1-4,7-10,20-22H,5-6,11-15H2,(H,29,30)/t;15-,21-,26-;21?,22-/m.00/s1. The normalized spacial score (nSPS) is 19.8. The monoisotopic (exact) mass is 1490 g/mol. The fraction of sp³-hybridized carbons (Fsp3) is 0.337. The van der Waals surface area contributed by atoms with Crippen LogP contribution in [0, 0.1) is 0 Å². The average molecular weight is 1490 g/mol. The predicted molar refractivity (Wildman–Crippen MR) is 404 cm³/mol. The van der Waals surface area contributed by atoms with Crippen molar-refractivity contribution in [1.82, 2.24) is 30.7 Å². The summed E-state index contributed by atoms with van der Waals surface area (Å²) in [5.41, 5.74) is 14.8. The molecule has 0 aromatic heterocycles. The van der Waals surface area contributed by atoms with Crippen molar-refractivity contribution >= 4 is 53.9 Å². The minimum absolute atomic E-state index is 0.0434. The molecule has 0 spiro atoms. The van der Waals surface area contributed by atoms with Crippen LogP contribution < -0.4 is 30.2 Å². The van der Waals surface area contributed by atoms with E-state index in [1.807, 2.05) is 103 Å². The summed E-state index contributed by atoms with van der Waals surface area (Å²) >= 11 is 0. The number of amides is 6. The van der Waals surface area contributed by atoms with Crippen LogP contribution in [0.2, 0.25) is 0 Å². The summed E-state index contributed by atoms with van der Waals surface area (Å²) in [4.78, 5) is 116. The maximum absolute atomic E-state index is 13.1. The molecule has 0 radical (unpaired) electrons. The van der Waals surface area contributed by atoms with E-state index in [-0.39, 0.29) is 75.3 Å². The molecule has 0 saturated carbocycles. The van der Waals surface area contributed by atoms with E-state index in [4.69, 9.17) is 33.5 Å². The van der Waals surface area contributed by atoms with Gasteiger partial charge in [-0.15, -0.1) is 0 Å². The van der Waals surface area contributed by atoms with Gasteiger partial charge in [-0.05, 0) is 111 Å². The van der Waals surface area contributed by atoms with Crippen LogP contribution in [0.5, 0.6) is 23.0 Å². The zero-order valence-corrected chi connectivity index (χ0v) is 61.6. The molecule has 1 unspecified atom stereocenters. The van der Waals surface area contributed by atoms with Gasteiger partial charge in [0.2, 0.25) is 17.7 Å². The van der Waals surface area contributed by atoms with E-state index in [2.05, 4.69) is 90.5 Å². The summed E-state index contributed by atoms with van der Waals surface area (Å²) in [6.45, 7) is 7.53. The Balaban J connectivity index is 0.000000139. The van der Waals surface area contributed by atoms with Crippen molar-refractivity contribution in [3.8, 4) is 56.4 Å². The number of likely N-dealkylation sites (tertiary alicyclic amines) is 2. The number of carboxylic acid groups (broad SMARTS) is 3. The molecular formula is C86H86N6O18. The van der Waals surface area contributed by atoms with Gasteiger partial charge in [0.1, 0.15) is 66.5 Å². The number of nitrogens with one attached hydrogen (secondary N) is 3. The Morgan fingerprint density at radius 3 is 1.44 bits per heavy atom. The van der Waals surface area contributed by atoms with Crippen LogP contribution in [-0.4, -0.2) is 167 Å². The number of hydrogen-bond donors (Lipinski definition) is 6. The van der Waals surface area contributed by atoms with Gasteiger partial charge in [-0.3, -0.25) is 28.9 Å². The van der Waals surface area contributed by atoms with Crippen molar-refractivity contribution in [2.24, 2.45) is 0 Å². The van der Waals surface area contributed by atoms with Crippen LogP contribution >= 0.6 is 0 Å². The number of nitrogens with zero attached hydrogens (tertiary/aromatic N) is 3. The maximum atomic E-state index is 13.1. The molecule has 4 fully saturated rings. The molecule has 8 aliphatic rings. The number of aliphatic carboxylic acids is 3. The molecule has 5 atom stereocenters. The van der Waals surface area contributed by atoms with Crippen LogP contribution in [0.15, 0.2) is 170 Å². The number of carbonyl (C=O) groups excluding carboxylic acids is 6. The molecule has 6 N–H and O–H groups in total. The SMILES string of the molecule is CC[C@@]12C[C@H](NC(=O)OCC3c4ccccc4-c4ccccc43)CN1C(=O)[C@H](CC(=O)O)NC2=O.COc1ccc2c(c1CNC(=O)OCC1c3ccccc3-c3ccccc31)Oc1c(ccc(OC)c1CC(=O)O)C2(C)C.O=C(O)[C@@H]1CCCN1C(=O)C1CCCN1C(=O)OCC1c2ccccc2-c2ccccc21. The molecule has 6 amide bonds. The Hall–Kier alpha value is -12.2. The molecule has 5 aliphatic heterocycles. The third-order valence-corrected chi connectivity index (χ3v) is 22.9. The summed E-state index contributed by atoms with van der Waals surface area (Å²) in [6.07, 6.45) is 0.521. The van der Waals surface area contributed by atoms with E-state index < -0.39 is 83.6 Å². The van der Waals surface area contributed by atoms with E-state index in [1.54, 1.807) is 20.1 Å². The first-order chi connectivity index (χ1) is 53.1. The zero-order valence-electron chi connectivity index (χ0n) is 61.6. The van der Waals surface area contributed by atoms with Gasteiger partial charge >= 0.3 is 36.2 Å². The number of methoxy groups -OCH3 is 2. The first kappa shape index (κ1) is 74.6. The first-order valence-corrected chi connectivity index (χ1v) is 37.1. The molecule has 24 heteroatoms. The Kier molecular flexibility index (Phi) is 21.2. The number of piperazine rings is 1. The molecule has 110 heavy (non-hydrogen) atoms. The number of rotatable bonds is 18. The van der Waals surface area contributed by atoms with Crippen molar-refractivity contribution in [3.05, 3.63) is 225 Å². The second-order valence-electron chi connectivity index (χ2n) is 29.2. The summed E-state index contributed by atoms with van der Waals surface area (Å²) in [5.74, 6) is -2.52. The average Bonchev–Trinajstić information content (AvgIpc) is 1.62. The second-order valence-corrected chi connectivity index (χ2v) is 29.2. The lowest BCUT2D eigenvalue weighted by molar-refractivity contribution is -0.156. The van der Waals surface area contributed by atoms with Crippen LogP contribution in [0.25, 0.3) is 33.4 Å². The van der Waals surface area contributed by atoms with Crippen molar-refractivity contribution in [1.29, 1.82) is 0 Å². The molecule has 5 heterocycles. The third kappa shape index (κ3) is 14.0. The molecule has 24 nitrogen and oxygen atoms in total. The molecule has 8 aromatic rings. The van der Waals surface area contributed by atoms with Crippen molar-refractivity contribution in [2.45, 2.75) is 132 Å². The fourth-order valence-corrected chi connectivity index (χ4v) is 17.5. The Bertz CT molecular complexity index is 4840. The largest absolute Gasteiger partial charge is 0.496 e. The lowest BCUT2D eigenvalue weighted by Crippen LogP contribution is -2.68. The summed E-state index contributed by atoms with van der Waals surface area (Å²) in [6, 6.07) is 53.2. The molecular weight excluding hydrogens is 1400 g/mol. The Morgan fingerprint density at radius 2 is 0.982 bits per heavy atom. The highest BCUT2D eigenvalue weighted by molar-refractivity contribution is 6.02. The lowest BCUT2D eigenvalue weighted by Gasteiger charge is -2.43. The van der Waals surface area contributed by atoms with Gasteiger partial charge in [-0.1, -0.05) is 178 Å². The highest BCUT2D eigenvalue weighted by Crippen LogP contribution is 2.54. The van der Waals surface area contributed by atoms with Crippen molar-refractivity contribution in [2.75, 3.05) is 53.7 Å². The molecule has 0 bridgehead atoms. The predicted octanol–water partition coefficient (Wildman–Crippen LogP) is 12.5. The Morgan fingerprint density at radius 1 is 0.545 bits per heavy atom. The van der Waals surface area contributed by atoms with Crippen LogP contribution in [0.3, 0.4) is 0 Å². The minimum Gasteiger partial charge on any atom is -0.496 e. The van der Waals surface area contributed by atoms with Crippen molar-refractivity contribution in [3.63, 3.8) is 0 Å². The van der Waals surface area contributed by atoms with E-state index in [9.17, 15) is 53.4 Å². The number of carboxylic acids is 3. The molecule has 8 aromatic carbocycles. The first-order valence-electron chi connectivity index (χ1n) is 37.1. The summed E-state index contributed by atoms with van der Waals surface area (Å²) < 4.78 is 34.8. The van der Waals surface area contributed by atoms with E-state index in [1.165, 1.54) is 21.8 Å².